The second-order valence-corrected chi connectivity index (χ2v) is 9.66. The predicted octanol–water partition coefficient (Wildman–Crippen LogP) is 5.13. The van der Waals surface area contributed by atoms with Crippen LogP contribution >= 0.6 is 23.4 Å². The second-order valence-electron chi connectivity index (χ2n) is 8.31. The number of halogens is 1. The van der Waals surface area contributed by atoms with Crippen molar-refractivity contribution < 1.29 is 14.3 Å². The maximum atomic E-state index is 12.9. The Morgan fingerprint density at radius 2 is 1.86 bits per heavy atom. The SMILES string of the molecule is CCn1c(SCC(=O)Nc2ccc(C)c(Cl)c2)nnc1[C@H](NC(=O)c1ccc(OC)cc1)C(C)C. The number of thioether (sulfide) groups is 1. The van der Waals surface area contributed by atoms with Crippen molar-refractivity contribution in [3.8, 4) is 5.75 Å². The van der Waals surface area contributed by atoms with Crippen molar-refractivity contribution in [2.75, 3.05) is 18.2 Å². The molecule has 2 aromatic carbocycles. The molecule has 0 radical (unpaired) electrons. The molecule has 186 valence electrons. The van der Waals surface area contributed by atoms with Crippen molar-refractivity contribution in [1.82, 2.24) is 20.1 Å². The van der Waals surface area contributed by atoms with Crippen molar-refractivity contribution >= 4 is 40.9 Å². The van der Waals surface area contributed by atoms with E-state index in [1.165, 1.54) is 11.8 Å². The Labute approximate surface area is 214 Å². The maximum Gasteiger partial charge on any atom is 0.251 e. The number of hydrogen-bond acceptors (Lipinski definition) is 6. The summed E-state index contributed by atoms with van der Waals surface area (Å²) in [6.07, 6.45) is 0. The topological polar surface area (TPSA) is 98.1 Å². The fourth-order valence-corrected chi connectivity index (χ4v) is 4.42. The fourth-order valence-electron chi connectivity index (χ4n) is 3.43. The third-order valence-corrected chi connectivity index (χ3v) is 6.81. The summed E-state index contributed by atoms with van der Waals surface area (Å²) in [5.41, 5.74) is 2.12. The average Bonchev–Trinajstić information content (AvgIpc) is 3.25. The summed E-state index contributed by atoms with van der Waals surface area (Å²) in [6.45, 7) is 8.51. The molecule has 1 heterocycles. The number of methoxy groups -OCH3 is 1. The third-order valence-electron chi connectivity index (χ3n) is 5.43. The monoisotopic (exact) mass is 515 g/mol. The van der Waals surface area contributed by atoms with Crippen LogP contribution in [0.25, 0.3) is 0 Å². The smallest absolute Gasteiger partial charge is 0.251 e. The van der Waals surface area contributed by atoms with Crippen LogP contribution in [0.2, 0.25) is 5.02 Å². The standard InChI is InChI=1S/C25H30ClN5O3S/c1-6-31-23(22(15(2)3)28-24(33)17-8-11-19(34-5)12-9-17)29-30-25(31)35-14-21(32)27-18-10-7-16(4)20(26)13-18/h7-13,15,22H,6,14H2,1-5H3,(H,27,32)(H,28,33)/t22-/m1/s1. The molecule has 2 N–H and O–H groups in total. The maximum absolute atomic E-state index is 12.9. The molecule has 3 aromatic rings. The highest BCUT2D eigenvalue weighted by Crippen LogP contribution is 2.26. The van der Waals surface area contributed by atoms with Crippen molar-refractivity contribution in [2.45, 2.75) is 45.4 Å². The van der Waals surface area contributed by atoms with Gasteiger partial charge >= 0.3 is 0 Å². The lowest BCUT2D eigenvalue weighted by molar-refractivity contribution is -0.113. The van der Waals surface area contributed by atoms with Crippen LogP contribution in [0, 0.1) is 12.8 Å². The predicted molar refractivity (Wildman–Crippen MR) is 139 cm³/mol. The van der Waals surface area contributed by atoms with E-state index in [0.717, 1.165) is 5.56 Å². The zero-order valence-electron chi connectivity index (χ0n) is 20.5. The molecule has 3 rings (SSSR count). The van der Waals surface area contributed by atoms with Crippen molar-refractivity contribution in [3.05, 3.63) is 64.4 Å². The summed E-state index contributed by atoms with van der Waals surface area (Å²) in [7, 11) is 1.58. The number of nitrogens with zero attached hydrogens (tertiary/aromatic N) is 3. The van der Waals surface area contributed by atoms with Gasteiger partial charge in [-0.05, 0) is 61.7 Å². The minimum absolute atomic E-state index is 0.0686. The Morgan fingerprint density at radius 3 is 2.46 bits per heavy atom. The molecule has 8 nitrogen and oxygen atoms in total. The molecular weight excluding hydrogens is 486 g/mol. The first-order valence-corrected chi connectivity index (χ1v) is 12.7. The lowest BCUT2D eigenvalue weighted by Crippen LogP contribution is -2.33. The summed E-state index contributed by atoms with van der Waals surface area (Å²) in [6, 6.07) is 12.0. The van der Waals surface area contributed by atoms with Gasteiger partial charge in [-0.3, -0.25) is 9.59 Å². The summed E-state index contributed by atoms with van der Waals surface area (Å²) in [5, 5.41) is 15.8. The number of aryl methyl sites for hydroxylation is 1. The number of ether oxygens (including phenoxy) is 1. The molecule has 0 aliphatic carbocycles. The fraction of sp³-hybridized carbons (Fsp3) is 0.360. The highest BCUT2D eigenvalue weighted by molar-refractivity contribution is 7.99. The number of aromatic nitrogens is 3. The highest BCUT2D eigenvalue weighted by atomic mass is 35.5. The van der Waals surface area contributed by atoms with E-state index in [0.29, 0.717) is 39.5 Å². The van der Waals surface area contributed by atoms with Gasteiger partial charge in [-0.25, -0.2) is 0 Å². The first-order valence-electron chi connectivity index (χ1n) is 11.3. The normalized spacial score (nSPS) is 11.9. The summed E-state index contributed by atoms with van der Waals surface area (Å²) >= 11 is 7.44. The molecule has 1 aromatic heterocycles. The van der Waals surface area contributed by atoms with Gasteiger partial charge < -0.3 is 19.9 Å². The van der Waals surface area contributed by atoms with Crippen LogP contribution in [-0.4, -0.2) is 39.4 Å². The summed E-state index contributed by atoms with van der Waals surface area (Å²) in [5.74, 6) is 1.19. The Morgan fingerprint density at radius 1 is 1.14 bits per heavy atom. The van der Waals surface area contributed by atoms with Gasteiger partial charge in [0.05, 0.1) is 18.9 Å². The van der Waals surface area contributed by atoms with Crippen LogP contribution in [0.15, 0.2) is 47.6 Å². The first kappa shape index (κ1) is 26.6. The molecule has 1 atom stereocenters. The minimum Gasteiger partial charge on any atom is -0.497 e. The molecule has 0 saturated carbocycles. The zero-order chi connectivity index (χ0) is 25.5. The van der Waals surface area contributed by atoms with E-state index < -0.39 is 0 Å². The van der Waals surface area contributed by atoms with E-state index in [-0.39, 0.29) is 29.5 Å². The van der Waals surface area contributed by atoms with Gasteiger partial charge in [0, 0.05) is 22.8 Å². The average molecular weight is 516 g/mol. The minimum atomic E-state index is -0.352. The largest absolute Gasteiger partial charge is 0.497 e. The number of rotatable bonds is 10. The van der Waals surface area contributed by atoms with Crippen LogP contribution in [0.3, 0.4) is 0 Å². The van der Waals surface area contributed by atoms with Gasteiger partial charge in [-0.2, -0.15) is 0 Å². The van der Waals surface area contributed by atoms with Crippen molar-refractivity contribution in [2.24, 2.45) is 5.92 Å². The van der Waals surface area contributed by atoms with Gasteiger partial charge in [0.2, 0.25) is 5.91 Å². The molecule has 0 spiro atoms. The van der Waals surface area contributed by atoms with Crippen molar-refractivity contribution in [3.63, 3.8) is 0 Å². The number of nitrogens with one attached hydrogen (secondary N) is 2. The molecule has 0 fully saturated rings. The molecular formula is C25H30ClN5O3S. The molecule has 0 saturated heterocycles. The number of anilines is 1. The molecule has 0 aliphatic rings. The number of carbonyl (C=O) groups is 2. The Bertz CT molecular complexity index is 1180. The van der Waals surface area contributed by atoms with Crippen LogP contribution in [0.1, 0.15) is 48.6 Å². The Hall–Kier alpha value is -3.04. The molecule has 0 aliphatic heterocycles. The Kier molecular flexibility index (Phi) is 9.17. The van der Waals surface area contributed by atoms with Gasteiger partial charge in [-0.15, -0.1) is 10.2 Å². The Balaban J connectivity index is 1.70. The molecule has 35 heavy (non-hydrogen) atoms. The second kappa shape index (κ2) is 12.1. The number of carbonyl (C=O) groups excluding carboxylic acids is 2. The van der Waals surface area contributed by atoms with Gasteiger partial charge in [0.15, 0.2) is 11.0 Å². The molecule has 10 heteroatoms. The van der Waals surface area contributed by atoms with Crippen molar-refractivity contribution in [1.29, 1.82) is 0 Å². The lowest BCUT2D eigenvalue weighted by Gasteiger charge is -2.22. The van der Waals surface area contributed by atoms with Crippen LogP contribution < -0.4 is 15.4 Å². The van der Waals surface area contributed by atoms with Crippen LogP contribution in [0.5, 0.6) is 5.75 Å². The zero-order valence-corrected chi connectivity index (χ0v) is 22.0. The van der Waals surface area contributed by atoms with Crippen LogP contribution in [0.4, 0.5) is 5.69 Å². The van der Waals surface area contributed by atoms with Gasteiger partial charge in [0.25, 0.3) is 5.91 Å². The van der Waals surface area contributed by atoms with E-state index >= 15 is 0 Å². The first-order chi connectivity index (χ1) is 16.7. The van der Waals surface area contributed by atoms with E-state index in [1.807, 2.05) is 44.4 Å². The molecule has 0 unspecified atom stereocenters. The summed E-state index contributed by atoms with van der Waals surface area (Å²) < 4.78 is 7.09. The lowest BCUT2D eigenvalue weighted by atomic mass is 10.0. The summed E-state index contributed by atoms with van der Waals surface area (Å²) in [4.78, 5) is 25.4. The van der Waals surface area contributed by atoms with Gasteiger partial charge in [0.1, 0.15) is 5.75 Å². The molecule has 0 bridgehead atoms. The van der Waals surface area contributed by atoms with E-state index in [4.69, 9.17) is 16.3 Å². The number of amides is 2. The highest BCUT2D eigenvalue weighted by Gasteiger charge is 2.26. The number of benzene rings is 2. The van der Waals surface area contributed by atoms with E-state index in [2.05, 4.69) is 20.8 Å². The quantitative estimate of drug-likeness (QED) is 0.363. The van der Waals surface area contributed by atoms with E-state index in [1.54, 1.807) is 37.4 Å². The number of hydrogen-bond donors (Lipinski definition) is 2. The third kappa shape index (κ3) is 6.76. The van der Waals surface area contributed by atoms with Crippen LogP contribution in [-0.2, 0) is 11.3 Å². The van der Waals surface area contributed by atoms with E-state index in [9.17, 15) is 9.59 Å². The van der Waals surface area contributed by atoms with Gasteiger partial charge in [-0.1, -0.05) is 43.3 Å². The molecule has 2 amide bonds.